The molecule has 2 aromatic heterocycles. The lowest BCUT2D eigenvalue weighted by Crippen LogP contribution is -2.27. The van der Waals surface area contributed by atoms with Crippen molar-refractivity contribution in [1.29, 1.82) is 0 Å². The quantitative estimate of drug-likeness (QED) is 0.753. The Hall–Kier alpha value is -2.40. The topological polar surface area (TPSA) is 59.8 Å². The fraction of sp³-hybridized carbons (Fsp3) is 0.133. The van der Waals surface area contributed by atoms with Crippen molar-refractivity contribution in [3.63, 3.8) is 0 Å². The molecule has 0 unspecified atom stereocenters. The van der Waals surface area contributed by atoms with Crippen LogP contribution in [-0.4, -0.2) is 27.2 Å². The smallest absolute Gasteiger partial charge is 0.252 e. The first-order valence-corrected chi connectivity index (χ1v) is 6.93. The number of fused-ring (bicyclic) bond motifs is 1. The minimum absolute atomic E-state index is 0.164. The van der Waals surface area contributed by atoms with Gasteiger partial charge in [-0.1, -0.05) is 29.8 Å². The third-order valence-electron chi connectivity index (χ3n) is 3.12. The molecule has 0 atom stereocenters. The molecule has 1 aromatic carbocycles. The summed E-state index contributed by atoms with van der Waals surface area (Å²) < 4.78 is 1.76. The normalized spacial score (nSPS) is 10.7. The molecule has 6 heteroatoms. The number of carbonyl (C=O) groups excluding carboxylic acids is 1. The van der Waals surface area contributed by atoms with E-state index >= 15 is 0 Å². The third kappa shape index (κ3) is 3.03. The second-order valence-corrected chi connectivity index (χ2v) is 4.92. The zero-order chi connectivity index (χ0) is 14.7. The number of benzene rings is 1. The van der Waals surface area contributed by atoms with Gasteiger partial charge in [0.15, 0.2) is 0 Å². The second kappa shape index (κ2) is 5.93. The first kappa shape index (κ1) is 13.6. The number of aromatic nitrogens is 3. The summed E-state index contributed by atoms with van der Waals surface area (Å²) in [5.74, 6) is -0.164. The number of rotatable bonds is 4. The second-order valence-electron chi connectivity index (χ2n) is 4.53. The summed E-state index contributed by atoms with van der Waals surface area (Å²) in [6, 6.07) is 10.9. The molecule has 0 aliphatic carbocycles. The van der Waals surface area contributed by atoms with Gasteiger partial charge in [-0.2, -0.15) is 5.10 Å². The van der Waals surface area contributed by atoms with Gasteiger partial charge in [-0.3, -0.25) is 9.48 Å². The maximum absolute atomic E-state index is 12.3. The molecule has 5 nitrogen and oxygen atoms in total. The Balaban J connectivity index is 1.78. The van der Waals surface area contributed by atoms with Gasteiger partial charge in [0.05, 0.1) is 17.6 Å². The van der Waals surface area contributed by atoms with Crippen LogP contribution in [0.5, 0.6) is 0 Å². The number of nitrogens with zero attached hydrogens (tertiary/aromatic N) is 3. The van der Waals surface area contributed by atoms with E-state index in [9.17, 15) is 4.79 Å². The van der Waals surface area contributed by atoms with Gasteiger partial charge in [-0.05, 0) is 18.2 Å². The van der Waals surface area contributed by atoms with Crippen molar-refractivity contribution >= 4 is 28.4 Å². The molecule has 0 saturated heterocycles. The van der Waals surface area contributed by atoms with Gasteiger partial charge in [0, 0.05) is 24.3 Å². The number of pyridine rings is 1. The Morgan fingerprint density at radius 2 is 2.14 bits per heavy atom. The largest absolute Gasteiger partial charge is 0.350 e. The molecular formula is C15H13ClN4O. The van der Waals surface area contributed by atoms with Crippen molar-refractivity contribution in [3.8, 4) is 0 Å². The van der Waals surface area contributed by atoms with Gasteiger partial charge in [0.2, 0.25) is 0 Å². The number of amides is 1. The van der Waals surface area contributed by atoms with Gasteiger partial charge >= 0.3 is 0 Å². The fourth-order valence-electron chi connectivity index (χ4n) is 2.14. The van der Waals surface area contributed by atoms with Crippen LogP contribution in [-0.2, 0) is 6.54 Å². The Morgan fingerprint density at radius 1 is 1.29 bits per heavy atom. The monoisotopic (exact) mass is 300 g/mol. The van der Waals surface area contributed by atoms with Crippen molar-refractivity contribution < 1.29 is 4.79 Å². The maximum Gasteiger partial charge on any atom is 0.252 e. The molecule has 106 valence electrons. The molecule has 0 spiro atoms. The number of hydrogen-bond donors (Lipinski definition) is 1. The molecule has 1 N–H and O–H groups in total. The molecule has 21 heavy (non-hydrogen) atoms. The van der Waals surface area contributed by atoms with Crippen LogP contribution in [0.4, 0.5) is 0 Å². The summed E-state index contributed by atoms with van der Waals surface area (Å²) in [4.78, 5) is 16.5. The van der Waals surface area contributed by atoms with Crippen molar-refractivity contribution in [3.05, 3.63) is 59.5 Å². The van der Waals surface area contributed by atoms with Crippen LogP contribution in [0.3, 0.4) is 0 Å². The van der Waals surface area contributed by atoms with Crippen LogP contribution in [0.2, 0.25) is 5.15 Å². The van der Waals surface area contributed by atoms with E-state index in [0.717, 1.165) is 5.39 Å². The fourth-order valence-corrected chi connectivity index (χ4v) is 2.34. The molecule has 3 aromatic rings. The average molecular weight is 301 g/mol. The highest BCUT2D eigenvalue weighted by atomic mass is 35.5. The predicted octanol–water partition coefficient (Wildman–Crippen LogP) is 2.51. The first-order valence-electron chi connectivity index (χ1n) is 6.55. The SMILES string of the molecule is O=C(NCCn1cccn1)c1cc(Cl)nc2ccccc12. The highest BCUT2D eigenvalue weighted by Crippen LogP contribution is 2.20. The van der Waals surface area contributed by atoms with E-state index < -0.39 is 0 Å². The van der Waals surface area contributed by atoms with Crippen LogP contribution < -0.4 is 5.32 Å². The highest BCUT2D eigenvalue weighted by Gasteiger charge is 2.11. The summed E-state index contributed by atoms with van der Waals surface area (Å²) in [5.41, 5.74) is 1.24. The lowest BCUT2D eigenvalue weighted by molar-refractivity contribution is 0.0953. The number of para-hydroxylation sites is 1. The molecule has 3 rings (SSSR count). The van der Waals surface area contributed by atoms with E-state index in [-0.39, 0.29) is 5.91 Å². The molecule has 0 radical (unpaired) electrons. The molecule has 0 aliphatic rings. The van der Waals surface area contributed by atoms with Crippen LogP contribution in [0.15, 0.2) is 48.8 Å². The number of nitrogens with one attached hydrogen (secondary N) is 1. The van der Waals surface area contributed by atoms with Crippen LogP contribution in [0, 0.1) is 0 Å². The Bertz CT molecular complexity index is 770. The van der Waals surface area contributed by atoms with Crippen LogP contribution in [0.25, 0.3) is 10.9 Å². The Morgan fingerprint density at radius 3 is 2.95 bits per heavy atom. The summed E-state index contributed by atoms with van der Waals surface area (Å²) in [5, 5.41) is 8.06. The molecule has 0 fully saturated rings. The molecule has 0 aliphatic heterocycles. The standard InChI is InChI=1S/C15H13ClN4O/c16-14-10-12(11-4-1-2-5-13(11)19-14)15(21)17-7-9-20-8-3-6-18-20/h1-6,8,10H,7,9H2,(H,17,21). The third-order valence-corrected chi connectivity index (χ3v) is 3.31. The van der Waals surface area contributed by atoms with E-state index in [1.807, 2.05) is 36.5 Å². The summed E-state index contributed by atoms with van der Waals surface area (Å²) in [6.45, 7) is 1.12. The molecule has 0 bridgehead atoms. The van der Waals surface area contributed by atoms with Gasteiger partial charge in [-0.15, -0.1) is 0 Å². The lowest BCUT2D eigenvalue weighted by atomic mass is 10.1. The van der Waals surface area contributed by atoms with Crippen LogP contribution in [0.1, 0.15) is 10.4 Å². The molecule has 0 saturated carbocycles. The predicted molar refractivity (Wildman–Crippen MR) is 81.3 cm³/mol. The summed E-state index contributed by atoms with van der Waals surface area (Å²) in [7, 11) is 0. The lowest BCUT2D eigenvalue weighted by Gasteiger charge is -2.08. The molecule has 2 heterocycles. The zero-order valence-corrected chi connectivity index (χ0v) is 11.9. The van der Waals surface area contributed by atoms with Crippen LogP contribution >= 0.6 is 11.6 Å². The number of halogens is 1. The molecular weight excluding hydrogens is 288 g/mol. The zero-order valence-electron chi connectivity index (χ0n) is 11.2. The van der Waals surface area contributed by atoms with Crippen molar-refractivity contribution in [2.24, 2.45) is 0 Å². The van der Waals surface area contributed by atoms with Crippen molar-refractivity contribution in [2.75, 3.05) is 6.54 Å². The summed E-state index contributed by atoms with van der Waals surface area (Å²) >= 11 is 5.98. The number of carbonyl (C=O) groups is 1. The van der Waals surface area contributed by atoms with E-state index in [0.29, 0.717) is 29.3 Å². The highest BCUT2D eigenvalue weighted by molar-refractivity contribution is 6.30. The van der Waals surface area contributed by atoms with Gasteiger partial charge in [-0.25, -0.2) is 4.98 Å². The Labute approximate surface area is 126 Å². The van der Waals surface area contributed by atoms with E-state index in [1.165, 1.54) is 0 Å². The van der Waals surface area contributed by atoms with E-state index in [2.05, 4.69) is 15.4 Å². The first-order chi connectivity index (χ1) is 10.2. The van der Waals surface area contributed by atoms with Crippen molar-refractivity contribution in [2.45, 2.75) is 6.54 Å². The summed E-state index contributed by atoms with van der Waals surface area (Å²) in [6.07, 6.45) is 3.56. The van der Waals surface area contributed by atoms with Gasteiger partial charge in [0.1, 0.15) is 5.15 Å². The Kier molecular flexibility index (Phi) is 3.83. The number of hydrogen-bond acceptors (Lipinski definition) is 3. The minimum Gasteiger partial charge on any atom is -0.350 e. The minimum atomic E-state index is -0.164. The van der Waals surface area contributed by atoms with Gasteiger partial charge in [0.25, 0.3) is 5.91 Å². The van der Waals surface area contributed by atoms with E-state index in [1.54, 1.807) is 16.9 Å². The van der Waals surface area contributed by atoms with Crippen molar-refractivity contribution in [1.82, 2.24) is 20.1 Å². The maximum atomic E-state index is 12.3. The van der Waals surface area contributed by atoms with E-state index in [4.69, 9.17) is 11.6 Å². The molecule has 1 amide bonds. The average Bonchev–Trinajstić information content (AvgIpc) is 2.99. The van der Waals surface area contributed by atoms with Gasteiger partial charge < -0.3 is 5.32 Å².